The first-order chi connectivity index (χ1) is 14.4. The molecule has 1 amide bonds. The first-order valence-corrected chi connectivity index (χ1v) is 11.2. The predicted molar refractivity (Wildman–Crippen MR) is 125 cm³/mol. The summed E-state index contributed by atoms with van der Waals surface area (Å²) in [4.78, 5) is 14.7. The van der Waals surface area contributed by atoms with Crippen molar-refractivity contribution in [3.05, 3.63) is 53.6 Å². The van der Waals surface area contributed by atoms with Crippen LogP contribution in [-0.2, 0) is 11.8 Å². The van der Waals surface area contributed by atoms with Crippen molar-refractivity contribution >= 4 is 29.0 Å². The molecule has 6 nitrogen and oxygen atoms in total. The van der Waals surface area contributed by atoms with Gasteiger partial charge in [0.15, 0.2) is 11.0 Å². The molecule has 0 aliphatic carbocycles. The summed E-state index contributed by atoms with van der Waals surface area (Å²) in [5.41, 5.74) is 5.29. The van der Waals surface area contributed by atoms with E-state index in [1.165, 1.54) is 23.0 Å². The lowest BCUT2D eigenvalue weighted by molar-refractivity contribution is -0.113. The molecule has 3 aromatic rings. The van der Waals surface area contributed by atoms with Gasteiger partial charge in [-0.15, -0.1) is 10.2 Å². The van der Waals surface area contributed by atoms with Crippen molar-refractivity contribution in [1.82, 2.24) is 14.8 Å². The van der Waals surface area contributed by atoms with E-state index in [9.17, 15) is 4.79 Å². The Hall–Kier alpha value is -2.80. The van der Waals surface area contributed by atoms with Gasteiger partial charge < -0.3 is 14.8 Å². The number of rotatable bonds is 8. The number of benzene rings is 2. The molecule has 0 fully saturated rings. The third-order valence-corrected chi connectivity index (χ3v) is 6.10. The van der Waals surface area contributed by atoms with Crippen molar-refractivity contribution in [2.24, 2.45) is 7.05 Å². The van der Waals surface area contributed by atoms with Crippen LogP contribution in [0, 0.1) is 13.8 Å². The van der Waals surface area contributed by atoms with Gasteiger partial charge in [0, 0.05) is 37.1 Å². The van der Waals surface area contributed by atoms with Gasteiger partial charge in [0.2, 0.25) is 5.91 Å². The van der Waals surface area contributed by atoms with Gasteiger partial charge in [0.1, 0.15) is 0 Å². The average molecular weight is 424 g/mol. The summed E-state index contributed by atoms with van der Waals surface area (Å²) < 4.78 is 1.93. The van der Waals surface area contributed by atoms with Gasteiger partial charge in [-0.25, -0.2) is 0 Å². The van der Waals surface area contributed by atoms with E-state index in [-0.39, 0.29) is 11.7 Å². The minimum absolute atomic E-state index is 0.0555. The van der Waals surface area contributed by atoms with Gasteiger partial charge in [-0.05, 0) is 63.6 Å². The summed E-state index contributed by atoms with van der Waals surface area (Å²) in [7, 11) is 1.93. The number of aromatic nitrogens is 3. The molecule has 0 atom stereocenters. The fourth-order valence-electron chi connectivity index (χ4n) is 3.37. The molecule has 1 heterocycles. The second kappa shape index (κ2) is 9.80. The number of carbonyl (C=O) groups excluding carboxylic acids is 1. The molecule has 2 aromatic carbocycles. The van der Waals surface area contributed by atoms with Crippen LogP contribution in [-0.4, -0.2) is 39.5 Å². The maximum Gasteiger partial charge on any atom is 0.234 e. The van der Waals surface area contributed by atoms with Crippen molar-refractivity contribution < 1.29 is 4.79 Å². The average Bonchev–Trinajstić information content (AvgIpc) is 3.10. The molecule has 0 aliphatic heterocycles. The van der Waals surface area contributed by atoms with Gasteiger partial charge in [0.25, 0.3) is 0 Å². The Labute approximate surface area is 182 Å². The summed E-state index contributed by atoms with van der Waals surface area (Å²) in [5.74, 6) is 1.01. The predicted octanol–water partition coefficient (Wildman–Crippen LogP) is 4.68. The smallest absolute Gasteiger partial charge is 0.234 e. The van der Waals surface area contributed by atoms with Gasteiger partial charge in [-0.3, -0.25) is 4.79 Å². The molecule has 30 heavy (non-hydrogen) atoms. The lowest BCUT2D eigenvalue weighted by Crippen LogP contribution is -2.21. The van der Waals surface area contributed by atoms with Crippen LogP contribution >= 0.6 is 11.8 Å². The largest absolute Gasteiger partial charge is 0.372 e. The molecule has 1 aromatic heterocycles. The molecular formula is C23H29N5OS. The number of nitrogens with one attached hydrogen (secondary N) is 1. The molecule has 0 unspecified atom stereocenters. The van der Waals surface area contributed by atoms with E-state index < -0.39 is 0 Å². The topological polar surface area (TPSA) is 63.1 Å². The van der Waals surface area contributed by atoms with Crippen LogP contribution in [0.5, 0.6) is 0 Å². The molecule has 0 spiro atoms. The van der Waals surface area contributed by atoms with Crippen molar-refractivity contribution in [1.29, 1.82) is 0 Å². The molecule has 1 N–H and O–H groups in total. The van der Waals surface area contributed by atoms with Crippen LogP contribution in [0.3, 0.4) is 0 Å². The Morgan fingerprint density at radius 1 is 1.07 bits per heavy atom. The summed E-state index contributed by atoms with van der Waals surface area (Å²) in [6, 6.07) is 14.4. The van der Waals surface area contributed by atoms with Gasteiger partial charge in [-0.2, -0.15) is 0 Å². The van der Waals surface area contributed by atoms with Crippen LogP contribution < -0.4 is 10.2 Å². The van der Waals surface area contributed by atoms with Gasteiger partial charge >= 0.3 is 0 Å². The van der Waals surface area contributed by atoms with Crippen molar-refractivity contribution in [3.63, 3.8) is 0 Å². The number of anilines is 2. The van der Waals surface area contributed by atoms with Crippen LogP contribution in [0.2, 0.25) is 0 Å². The second-order valence-electron chi connectivity index (χ2n) is 7.24. The summed E-state index contributed by atoms with van der Waals surface area (Å²) >= 11 is 1.38. The molecule has 3 rings (SSSR count). The number of amides is 1. The van der Waals surface area contributed by atoms with E-state index in [1.54, 1.807) is 0 Å². The second-order valence-corrected chi connectivity index (χ2v) is 8.18. The molecular weight excluding hydrogens is 394 g/mol. The quantitative estimate of drug-likeness (QED) is 0.533. The molecule has 0 bridgehead atoms. The summed E-state index contributed by atoms with van der Waals surface area (Å²) in [5, 5.41) is 12.3. The van der Waals surface area contributed by atoms with E-state index in [0.717, 1.165) is 35.7 Å². The van der Waals surface area contributed by atoms with Crippen LogP contribution in [0.25, 0.3) is 11.4 Å². The lowest BCUT2D eigenvalue weighted by Gasteiger charge is -2.21. The maximum atomic E-state index is 12.4. The highest BCUT2D eigenvalue weighted by molar-refractivity contribution is 7.99. The van der Waals surface area contributed by atoms with E-state index in [2.05, 4.69) is 64.6 Å². The summed E-state index contributed by atoms with van der Waals surface area (Å²) in [6.45, 7) is 10.3. The molecule has 0 aliphatic rings. The van der Waals surface area contributed by atoms with Crippen LogP contribution in [0.15, 0.2) is 47.6 Å². The normalized spacial score (nSPS) is 10.8. The number of carbonyl (C=O) groups is 1. The Kier molecular flexibility index (Phi) is 7.15. The minimum atomic E-state index is -0.0555. The third kappa shape index (κ3) is 5.02. The molecule has 0 radical (unpaired) electrons. The van der Waals surface area contributed by atoms with Crippen LogP contribution in [0.4, 0.5) is 11.4 Å². The van der Waals surface area contributed by atoms with E-state index in [4.69, 9.17) is 0 Å². The fraction of sp³-hybridized carbons (Fsp3) is 0.348. The number of thioether (sulfide) groups is 1. The highest BCUT2D eigenvalue weighted by atomic mass is 32.2. The third-order valence-electron chi connectivity index (χ3n) is 5.08. The molecule has 0 saturated heterocycles. The zero-order chi connectivity index (χ0) is 21.7. The van der Waals surface area contributed by atoms with E-state index in [1.807, 2.05) is 37.6 Å². The molecule has 0 saturated carbocycles. The lowest BCUT2D eigenvalue weighted by atomic mass is 10.1. The Balaban J connectivity index is 1.64. The monoisotopic (exact) mass is 423 g/mol. The number of nitrogens with zero attached hydrogens (tertiary/aromatic N) is 4. The first-order valence-electron chi connectivity index (χ1n) is 10.2. The van der Waals surface area contributed by atoms with E-state index >= 15 is 0 Å². The van der Waals surface area contributed by atoms with Crippen molar-refractivity contribution in [2.75, 3.05) is 29.1 Å². The van der Waals surface area contributed by atoms with Crippen molar-refractivity contribution in [2.45, 2.75) is 32.9 Å². The molecule has 7 heteroatoms. The number of aryl methyl sites for hydroxylation is 2. The number of hydrogen-bond donors (Lipinski definition) is 1. The SMILES string of the molecule is CCN(CC)c1ccc(-c2nnc(SCC(=O)Nc3ccc(C)cc3C)n2C)cc1. The fourth-order valence-corrected chi connectivity index (χ4v) is 4.08. The maximum absolute atomic E-state index is 12.4. The zero-order valence-electron chi connectivity index (χ0n) is 18.3. The van der Waals surface area contributed by atoms with E-state index in [0.29, 0.717) is 5.16 Å². The van der Waals surface area contributed by atoms with Crippen LogP contribution in [0.1, 0.15) is 25.0 Å². The van der Waals surface area contributed by atoms with Gasteiger partial charge in [0.05, 0.1) is 5.75 Å². The first kappa shape index (κ1) is 21.9. The van der Waals surface area contributed by atoms with Gasteiger partial charge in [-0.1, -0.05) is 29.5 Å². The zero-order valence-corrected chi connectivity index (χ0v) is 19.1. The Bertz CT molecular complexity index is 1010. The molecule has 158 valence electrons. The number of hydrogen-bond acceptors (Lipinski definition) is 5. The Morgan fingerprint density at radius 2 is 1.77 bits per heavy atom. The Morgan fingerprint density at radius 3 is 2.40 bits per heavy atom. The van der Waals surface area contributed by atoms with Crippen molar-refractivity contribution in [3.8, 4) is 11.4 Å². The highest BCUT2D eigenvalue weighted by Crippen LogP contribution is 2.25. The summed E-state index contributed by atoms with van der Waals surface area (Å²) in [6.07, 6.45) is 0. The minimum Gasteiger partial charge on any atom is -0.372 e. The highest BCUT2D eigenvalue weighted by Gasteiger charge is 2.14. The standard InChI is InChI=1S/C23H29N5OS/c1-6-28(7-2)19-11-9-18(10-12-19)22-25-26-23(27(22)5)30-15-21(29)24-20-13-8-16(3)14-17(20)4/h8-14H,6-7,15H2,1-5H3,(H,24,29).